The number of carboxylic acids is 1. The van der Waals surface area contributed by atoms with Crippen molar-refractivity contribution in [3.63, 3.8) is 0 Å². The molecule has 0 aromatic heterocycles. The molecule has 11 heteroatoms. The first-order valence-corrected chi connectivity index (χ1v) is 11.0. The largest absolute Gasteiger partial charge is 0.481 e. The van der Waals surface area contributed by atoms with Gasteiger partial charge in [0.2, 0.25) is 5.91 Å². The van der Waals surface area contributed by atoms with E-state index >= 15 is 0 Å². The van der Waals surface area contributed by atoms with Crippen LogP contribution in [0.25, 0.3) is 6.08 Å². The van der Waals surface area contributed by atoms with Gasteiger partial charge < -0.3 is 10.4 Å². The van der Waals surface area contributed by atoms with Crippen molar-refractivity contribution in [3.8, 4) is 0 Å². The van der Waals surface area contributed by atoms with Crippen LogP contribution in [0.3, 0.4) is 0 Å². The van der Waals surface area contributed by atoms with Crippen LogP contribution in [-0.4, -0.2) is 50.1 Å². The summed E-state index contributed by atoms with van der Waals surface area (Å²) < 4.78 is 0.442. The quantitative estimate of drug-likeness (QED) is 0.158. The van der Waals surface area contributed by atoms with Gasteiger partial charge in [0.25, 0.3) is 11.6 Å². The molecule has 1 aliphatic heterocycles. The average Bonchev–Trinajstić information content (AvgIpc) is 2.98. The number of hydrogen-bond donors (Lipinski definition) is 2. The SMILES string of the molecule is O=C(O)CCCNC(=O)CCCCCN1C(=O)/C(=C/c2cccc([N+](=O)[O-])c2)SC1=S. The van der Waals surface area contributed by atoms with E-state index in [0.29, 0.717) is 53.6 Å². The van der Waals surface area contributed by atoms with E-state index in [1.165, 1.54) is 28.8 Å². The lowest BCUT2D eigenvalue weighted by Crippen LogP contribution is -2.29. The molecule has 0 unspecified atom stereocenters. The Morgan fingerprint density at radius 3 is 2.71 bits per heavy atom. The van der Waals surface area contributed by atoms with Gasteiger partial charge in [0, 0.05) is 38.1 Å². The third kappa shape index (κ3) is 8.10. The third-order valence-corrected chi connectivity index (χ3v) is 5.81. The van der Waals surface area contributed by atoms with Crippen LogP contribution in [-0.2, 0) is 14.4 Å². The van der Waals surface area contributed by atoms with E-state index in [1.807, 2.05) is 0 Å². The van der Waals surface area contributed by atoms with Crippen molar-refractivity contribution in [2.75, 3.05) is 13.1 Å². The second-order valence-electron chi connectivity index (χ2n) is 6.84. The van der Waals surface area contributed by atoms with Gasteiger partial charge in [-0.05, 0) is 30.9 Å². The summed E-state index contributed by atoms with van der Waals surface area (Å²) in [5.41, 5.74) is 0.513. The number of hydrogen-bond acceptors (Lipinski definition) is 7. The number of nitrogens with zero attached hydrogens (tertiary/aromatic N) is 2. The maximum absolute atomic E-state index is 12.6. The molecular formula is C20H23N3O6S2. The minimum Gasteiger partial charge on any atom is -0.481 e. The number of carboxylic acid groups (broad SMARTS) is 1. The zero-order chi connectivity index (χ0) is 22.8. The maximum atomic E-state index is 12.6. The number of carbonyl (C=O) groups is 3. The molecule has 0 bridgehead atoms. The van der Waals surface area contributed by atoms with Gasteiger partial charge in [0.05, 0.1) is 9.83 Å². The zero-order valence-corrected chi connectivity index (χ0v) is 18.4. The van der Waals surface area contributed by atoms with Crippen LogP contribution in [0.15, 0.2) is 29.2 Å². The van der Waals surface area contributed by atoms with Crippen molar-refractivity contribution in [2.24, 2.45) is 0 Å². The Balaban J connectivity index is 1.75. The first-order valence-electron chi connectivity index (χ1n) is 9.76. The number of rotatable bonds is 12. The molecule has 166 valence electrons. The van der Waals surface area contributed by atoms with Crippen LogP contribution in [0.4, 0.5) is 5.69 Å². The Morgan fingerprint density at radius 1 is 1.23 bits per heavy atom. The molecule has 1 aromatic rings. The standard InChI is InChI=1S/C20H23N3O6S2/c24-17(21-10-5-9-18(25)26)8-2-1-3-11-22-19(27)16(31-20(22)30)13-14-6-4-7-15(12-14)23(28)29/h4,6-7,12-13H,1-3,5,8-11H2,(H,21,24)(H,25,26)/b16-13-. The van der Waals surface area contributed by atoms with Gasteiger partial charge in [0.1, 0.15) is 4.32 Å². The van der Waals surface area contributed by atoms with Crippen LogP contribution in [0.5, 0.6) is 0 Å². The summed E-state index contributed by atoms with van der Waals surface area (Å²) >= 11 is 6.45. The first-order chi connectivity index (χ1) is 14.8. The molecule has 31 heavy (non-hydrogen) atoms. The topological polar surface area (TPSA) is 130 Å². The van der Waals surface area contributed by atoms with Crippen molar-refractivity contribution >= 4 is 57.8 Å². The lowest BCUT2D eigenvalue weighted by Gasteiger charge is -2.14. The Kier molecular flexibility index (Phi) is 9.60. The highest BCUT2D eigenvalue weighted by molar-refractivity contribution is 8.26. The molecule has 0 aliphatic carbocycles. The summed E-state index contributed by atoms with van der Waals surface area (Å²) in [6, 6.07) is 6.04. The number of nitrogens with one attached hydrogen (secondary N) is 1. The van der Waals surface area contributed by atoms with Crippen LogP contribution in [0, 0.1) is 10.1 Å². The highest BCUT2D eigenvalue weighted by atomic mass is 32.2. The van der Waals surface area contributed by atoms with Gasteiger partial charge >= 0.3 is 5.97 Å². The highest BCUT2D eigenvalue weighted by Crippen LogP contribution is 2.33. The Bertz CT molecular complexity index is 903. The summed E-state index contributed by atoms with van der Waals surface area (Å²) in [6.07, 6.45) is 4.45. The predicted molar refractivity (Wildman–Crippen MR) is 121 cm³/mol. The summed E-state index contributed by atoms with van der Waals surface area (Å²) in [5, 5.41) is 22.1. The molecule has 0 saturated carbocycles. The molecule has 2 N–H and O–H groups in total. The predicted octanol–water partition coefficient (Wildman–Crippen LogP) is 3.34. The molecule has 9 nitrogen and oxygen atoms in total. The van der Waals surface area contributed by atoms with Gasteiger partial charge in [-0.1, -0.05) is 42.5 Å². The molecule has 0 spiro atoms. The number of benzene rings is 1. The number of nitro benzene ring substituents is 1. The van der Waals surface area contributed by atoms with E-state index in [9.17, 15) is 24.5 Å². The van der Waals surface area contributed by atoms with Gasteiger partial charge in [-0.15, -0.1) is 0 Å². The number of thiocarbonyl (C=S) groups is 1. The minimum absolute atomic E-state index is 0.0274. The molecule has 1 aromatic carbocycles. The average molecular weight is 466 g/mol. The number of amides is 2. The fourth-order valence-electron chi connectivity index (χ4n) is 2.86. The molecule has 0 atom stereocenters. The van der Waals surface area contributed by atoms with Crippen LogP contribution in [0.2, 0.25) is 0 Å². The van der Waals surface area contributed by atoms with Gasteiger partial charge in [0.15, 0.2) is 0 Å². The molecule has 1 aliphatic rings. The van der Waals surface area contributed by atoms with E-state index in [4.69, 9.17) is 17.3 Å². The molecular weight excluding hydrogens is 442 g/mol. The summed E-state index contributed by atoms with van der Waals surface area (Å²) in [4.78, 5) is 47.1. The fraction of sp³-hybridized carbons (Fsp3) is 0.400. The number of aliphatic carboxylic acids is 1. The number of unbranched alkanes of at least 4 members (excludes halogenated alkanes) is 2. The number of nitro groups is 1. The lowest BCUT2D eigenvalue weighted by molar-refractivity contribution is -0.384. The van der Waals surface area contributed by atoms with Crippen molar-refractivity contribution < 1.29 is 24.4 Å². The molecule has 2 rings (SSSR count). The fourth-order valence-corrected chi connectivity index (χ4v) is 4.17. The van der Waals surface area contributed by atoms with Crippen molar-refractivity contribution in [1.29, 1.82) is 0 Å². The summed E-state index contributed by atoms with van der Waals surface area (Å²) in [7, 11) is 0. The van der Waals surface area contributed by atoms with Gasteiger partial charge in [-0.3, -0.25) is 29.4 Å². The Morgan fingerprint density at radius 2 is 2.00 bits per heavy atom. The van der Waals surface area contributed by atoms with E-state index in [2.05, 4.69) is 5.32 Å². The first kappa shape index (κ1) is 24.5. The highest BCUT2D eigenvalue weighted by Gasteiger charge is 2.31. The van der Waals surface area contributed by atoms with E-state index in [0.717, 1.165) is 6.42 Å². The second-order valence-corrected chi connectivity index (χ2v) is 8.52. The Labute approximate surface area is 189 Å². The Hall–Kier alpha value is -2.79. The van der Waals surface area contributed by atoms with Crippen LogP contribution >= 0.6 is 24.0 Å². The zero-order valence-electron chi connectivity index (χ0n) is 16.7. The maximum Gasteiger partial charge on any atom is 0.303 e. The number of non-ortho nitro benzene ring substituents is 1. The molecule has 0 radical (unpaired) electrons. The van der Waals surface area contributed by atoms with Crippen LogP contribution in [0.1, 0.15) is 44.1 Å². The minimum atomic E-state index is -0.884. The van der Waals surface area contributed by atoms with Gasteiger partial charge in [-0.25, -0.2) is 0 Å². The summed E-state index contributed by atoms with van der Waals surface area (Å²) in [5.74, 6) is -1.22. The van der Waals surface area contributed by atoms with E-state index in [-0.39, 0.29) is 23.9 Å². The van der Waals surface area contributed by atoms with E-state index < -0.39 is 10.9 Å². The molecule has 2 amide bonds. The smallest absolute Gasteiger partial charge is 0.303 e. The van der Waals surface area contributed by atoms with E-state index in [1.54, 1.807) is 18.2 Å². The second kappa shape index (κ2) is 12.2. The molecule has 1 fully saturated rings. The molecule has 1 heterocycles. The monoisotopic (exact) mass is 465 g/mol. The molecule has 1 saturated heterocycles. The van der Waals surface area contributed by atoms with Crippen molar-refractivity contribution in [3.05, 3.63) is 44.8 Å². The summed E-state index contributed by atoms with van der Waals surface area (Å²) in [6.45, 7) is 0.787. The normalized spacial score (nSPS) is 14.8. The van der Waals surface area contributed by atoms with Gasteiger partial charge in [-0.2, -0.15) is 0 Å². The van der Waals surface area contributed by atoms with Crippen LogP contribution < -0.4 is 5.32 Å². The van der Waals surface area contributed by atoms with Crippen molar-refractivity contribution in [1.82, 2.24) is 10.2 Å². The number of thioether (sulfide) groups is 1. The number of carbonyl (C=O) groups excluding carboxylic acids is 2. The third-order valence-electron chi connectivity index (χ3n) is 4.43. The van der Waals surface area contributed by atoms with Crippen molar-refractivity contribution in [2.45, 2.75) is 38.5 Å². The lowest BCUT2D eigenvalue weighted by atomic mass is 10.1.